The number of ether oxygens (including phenoxy) is 1. The molecule has 3 heterocycles. The van der Waals surface area contributed by atoms with Crippen molar-refractivity contribution in [3.8, 4) is 0 Å². The average molecular weight is 389 g/mol. The number of carbonyl (C=O) groups excluding carboxylic acids is 2. The molecule has 0 saturated heterocycles. The molecule has 4 rings (SSSR count). The monoisotopic (exact) mass is 388 g/mol. The number of H-pyrrole nitrogens is 1. The highest BCUT2D eigenvalue weighted by atomic mass is 35.5. The zero-order valence-electron chi connectivity index (χ0n) is 14.1. The Hall–Kier alpha value is -2.97. The van der Waals surface area contributed by atoms with E-state index in [2.05, 4.69) is 20.6 Å². The van der Waals surface area contributed by atoms with E-state index in [1.807, 2.05) is 0 Å². The summed E-state index contributed by atoms with van der Waals surface area (Å²) in [6.45, 7) is 0.159. The maximum absolute atomic E-state index is 13.3. The maximum atomic E-state index is 13.3. The summed E-state index contributed by atoms with van der Waals surface area (Å²) in [5.41, 5.74) is 1.96. The largest absolute Gasteiger partial charge is 0.382 e. The van der Waals surface area contributed by atoms with Gasteiger partial charge in [0, 0.05) is 18.9 Å². The molecule has 9 heteroatoms. The molecule has 0 spiro atoms. The number of carbonyl (C=O) groups is 2. The maximum Gasteiger partial charge on any atom is 0.249 e. The van der Waals surface area contributed by atoms with Crippen molar-refractivity contribution in [2.24, 2.45) is 0 Å². The van der Waals surface area contributed by atoms with Gasteiger partial charge in [-0.1, -0.05) is 11.6 Å². The Balaban J connectivity index is 1.85. The van der Waals surface area contributed by atoms with Gasteiger partial charge in [-0.05, 0) is 18.2 Å². The van der Waals surface area contributed by atoms with Crippen LogP contribution in [-0.4, -0.2) is 41.4 Å². The highest BCUT2D eigenvalue weighted by Gasteiger charge is 2.29. The fraction of sp³-hybridized carbons (Fsp3) is 0.167. The van der Waals surface area contributed by atoms with Crippen molar-refractivity contribution in [2.45, 2.75) is 6.04 Å². The smallest absolute Gasteiger partial charge is 0.249 e. The minimum Gasteiger partial charge on any atom is -0.382 e. The number of rotatable bonds is 4. The van der Waals surface area contributed by atoms with Gasteiger partial charge in [0.1, 0.15) is 17.5 Å². The molecule has 1 unspecified atom stereocenters. The van der Waals surface area contributed by atoms with E-state index in [9.17, 15) is 14.0 Å². The topological polar surface area (TPSA) is 96.1 Å². The molecule has 1 aromatic carbocycles. The Labute approximate surface area is 157 Å². The van der Waals surface area contributed by atoms with Crippen LogP contribution < -0.4 is 10.6 Å². The molecule has 0 aliphatic carbocycles. The second-order valence-electron chi connectivity index (χ2n) is 6.07. The highest BCUT2D eigenvalue weighted by molar-refractivity contribution is 6.35. The van der Waals surface area contributed by atoms with Gasteiger partial charge in [0.15, 0.2) is 5.78 Å². The molecule has 3 aromatic rings. The van der Waals surface area contributed by atoms with E-state index in [1.165, 1.54) is 31.6 Å². The first-order valence-corrected chi connectivity index (χ1v) is 8.43. The van der Waals surface area contributed by atoms with Gasteiger partial charge in [-0.3, -0.25) is 9.59 Å². The number of benzene rings is 1. The fourth-order valence-electron chi connectivity index (χ4n) is 3.08. The second kappa shape index (κ2) is 6.64. The molecule has 7 nitrogen and oxygen atoms in total. The lowest BCUT2D eigenvalue weighted by Gasteiger charge is -2.26. The molecular weight excluding hydrogens is 375 g/mol. The first kappa shape index (κ1) is 17.4. The number of aromatic nitrogens is 2. The van der Waals surface area contributed by atoms with Crippen LogP contribution in [0.1, 0.15) is 15.9 Å². The predicted octanol–water partition coefficient (Wildman–Crippen LogP) is 2.97. The lowest BCUT2D eigenvalue weighted by atomic mass is 10.0. The minimum absolute atomic E-state index is 0.0191. The summed E-state index contributed by atoms with van der Waals surface area (Å²) in [5.74, 6) is -1.17. The van der Waals surface area contributed by atoms with Crippen LogP contribution in [0, 0.1) is 5.82 Å². The Bertz CT molecular complexity index is 1080. The van der Waals surface area contributed by atoms with E-state index in [1.54, 1.807) is 0 Å². The number of halogens is 2. The van der Waals surface area contributed by atoms with Crippen molar-refractivity contribution >= 4 is 45.7 Å². The van der Waals surface area contributed by atoms with Crippen LogP contribution in [0.25, 0.3) is 11.0 Å². The van der Waals surface area contributed by atoms with Crippen LogP contribution in [-0.2, 0) is 9.53 Å². The first-order chi connectivity index (χ1) is 13.0. The lowest BCUT2D eigenvalue weighted by molar-refractivity contribution is -0.118. The quantitative estimate of drug-likeness (QED) is 0.597. The van der Waals surface area contributed by atoms with E-state index >= 15 is 0 Å². The van der Waals surface area contributed by atoms with E-state index in [0.29, 0.717) is 28.0 Å². The summed E-state index contributed by atoms with van der Waals surface area (Å²) in [5, 5.41) is 6.39. The van der Waals surface area contributed by atoms with Crippen molar-refractivity contribution in [3.05, 3.63) is 52.6 Å². The van der Waals surface area contributed by atoms with E-state index in [-0.39, 0.29) is 28.9 Å². The number of hydrogen-bond donors (Lipinski definition) is 3. The fourth-order valence-corrected chi connectivity index (χ4v) is 3.33. The van der Waals surface area contributed by atoms with Gasteiger partial charge in [0.2, 0.25) is 5.91 Å². The molecule has 1 aliphatic rings. The number of methoxy groups -OCH3 is 1. The van der Waals surface area contributed by atoms with E-state index < -0.39 is 11.9 Å². The number of fused-ring (bicyclic) bond motifs is 3. The summed E-state index contributed by atoms with van der Waals surface area (Å²) < 4.78 is 18.4. The van der Waals surface area contributed by atoms with Crippen molar-refractivity contribution in [1.29, 1.82) is 0 Å². The summed E-state index contributed by atoms with van der Waals surface area (Å²) in [6, 6.07) is 2.99. The van der Waals surface area contributed by atoms with Crippen LogP contribution in [0.5, 0.6) is 0 Å². The molecule has 1 aliphatic heterocycles. The number of ketones is 1. The first-order valence-electron chi connectivity index (χ1n) is 8.05. The zero-order chi connectivity index (χ0) is 19.1. The van der Waals surface area contributed by atoms with Crippen molar-refractivity contribution < 1.29 is 18.7 Å². The van der Waals surface area contributed by atoms with Crippen molar-refractivity contribution in [2.75, 3.05) is 24.4 Å². The number of pyridine rings is 1. The normalized spacial score (nSPS) is 16.0. The van der Waals surface area contributed by atoms with E-state index in [4.69, 9.17) is 16.3 Å². The van der Waals surface area contributed by atoms with Crippen LogP contribution in [0.2, 0.25) is 5.02 Å². The number of nitrogens with zero attached hydrogens (tertiary/aromatic N) is 1. The molecule has 2 aromatic heterocycles. The van der Waals surface area contributed by atoms with Crippen LogP contribution in [0.4, 0.5) is 15.8 Å². The van der Waals surface area contributed by atoms with Crippen LogP contribution in [0.15, 0.2) is 30.6 Å². The average Bonchev–Trinajstić information content (AvgIpc) is 3.06. The second-order valence-corrected chi connectivity index (χ2v) is 6.47. The number of hydrogen-bond acceptors (Lipinski definition) is 5. The highest BCUT2D eigenvalue weighted by Crippen LogP contribution is 2.36. The van der Waals surface area contributed by atoms with Gasteiger partial charge in [-0.15, -0.1) is 0 Å². The number of anilines is 2. The molecule has 1 amide bonds. The van der Waals surface area contributed by atoms with Crippen molar-refractivity contribution in [1.82, 2.24) is 9.97 Å². The summed E-state index contributed by atoms with van der Waals surface area (Å²) in [6.07, 6.45) is 3.02. The van der Waals surface area contributed by atoms with Gasteiger partial charge in [0.05, 0.1) is 40.2 Å². The lowest BCUT2D eigenvalue weighted by Crippen LogP contribution is -2.42. The zero-order valence-corrected chi connectivity index (χ0v) is 14.9. The number of aromatic amines is 1. The molecule has 3 N–H and O–H groups in total. The third-order valence-electron chi connectivity index (χ3n) is 4.35. The van der Waals surface area contributed by atoms with Crippen LogP contribution >= 0.6 is 11.6 Å². The van der Waals surface area contributed by atoms with Gasteiger partial charge in [-0.25, -0.2) is 9.37 Å². The van der Waals surface area contributed by atoms with Crippen LogP contribution in [0.3, 0.4) is 0 Å². The summed E-state index contributed by atoms with van der Waals surface area (Å²) >= 11 is 6.04. The Morgan fingerprint density at radius 1 is 1.37 bits per heavy atom. The van der Waals surface area contributed by atoms with E-state index in [0.717, 1.165) is 6.07 Å². The molecule has 0 radical (unpaired) electrons. The molecule has 27 heavy (non-hydrogen) atoms. The standard InChI is InChI=1S/C18H14ClFN4O3/c1-27-7-13-18(26)24-12-6-22-17-14(15(12)23-13)10(5-21-17)16(25)9-3-2-8(20)4-11(9)19/h2-6,13,23H,7H2,1H3,(H,21,22)(H,24,26). The van der Waals surface area contributed by atoms with Gasteiger partial charge in [0.25, 0.3) is 0 Å². The Morgan fingerprint density at radius 2 is 2.19 bits per heavy atom. The molecule has 0 bridgehead atoms. The minimum atomic E-state index is -0.611. The Morgan fingerprint density at radius 3 is 2.93 bits per heavy atom. The van der Waals surface area contributed by atoms with Gasteiger partial charge >= 0.3 is 0 Å². The third-order valence-corrected chi connectivity index (χ3v) is 4.66. The molecular formula is C18H14ClFN4O3. The molecule has 1 atom stereocenters. The summed E-state index contributed by atoms with van der Waals surface area (Å²) in [4.78, 5) is 32.3. The predicted molar refractivity (Wildman–Crippen MR) is 98.9 cm³/mol. The van der Waals surface area contributed by atoms with Crippen molar-refractivity contribution in [3.63, 3.8) is 0 Å². The number of nitrogens with one attached hydrogen (secondary N) is 3. The molecule has 0 fully saturated rings. The molecule has 138 valence electrons. The molecule has 0 saturated carbocycles. The third kappa shape index (κ3) is 2.92. The Kier molecular flexibility index (Phi) is 4.29. The SMILES string of the molecule is COCC1Nc2c(cnc3[nH]cc(C(=O)c4ccc(F)cc4Cl)c23)NC1=O. The number of amides is 1. The van der Waals surface area contributed by atoms with Gasteiger partial charge < -0.3 is 20.4 Å². The van der Waals surface area contributed by atoms with Gasteiger partial charge in [-0.2, -0.15) is 0 Å². The summed E-state index contributed by atoms with van der Waals surface area (Å²) in [7, 11) is 1.49.